The van der Waals surface area contributed by atoms with Crippen molar-refractivity contribution in [3.05, 3.63) is 42.7 Å². The third kappa shape index (κ3) is 4.62. The van der Waals surface area contributed by atoms with E-state index in [2.05, 4.69) is 10.4 Å². The summed E-state index contributed by atoms with van der Waals surface area (Å²) in [6.07, 6.45) is 6.08. The Balaban J connectivity index is 1.50. The first-order valence-corrected chi connectivity index (χ1v) is 8.95. The van der Waals surface area contributed by atoms with Crippen molar-refractivity contribution in [2.24, 2.45) is 0 Å². The summed E-state index contributed by atoms with van der Waals surface area (Å²) in [4.78, 5) is 25.8. The maximum atomic E-state index is 12.5. The quantitative estimate of drug-likeness (QED) is 0.826. The molecule has 138 valence electrons. The third-order valence-electron chi connectivity index (χ3n) is 4.48. The van der Waals surface area contributed by atoms with Gasteiger partial charge in [0.25, 0.3) is 5.91 Å². The van der Waals surface area contributed by atoms with Crippen LogP contribution in [0.4, 0.5) is 5.69 Å². The number of hydrogen-bond donors (Lipinski definition) is 1. The van der Waals surface area contributed by atoms with Gasteiger partial charge in [0.05, 0.1) is 12.6 Å². The average Bonchev–Trinajstić information content (AvgIpc) is 3.33. The van der Waals surface area contributed by atoms with Gasteiger partial charge >= 0.3 is 0 Å². The summed E-state index contributed by atoms with van der Waals surface area (Å²) in [6.45, 7) is 3.29. The molecule has 1 atom stereocenters. The molecule has 2 amide bonds. The maximum Gasteiger partial charge on any atom is 0.260 e. The van der Waals surface area contributed by atoms with Gasteiger partial charge in [0.1, 0.15) is 5.75 Å². The van der Waals surface area contributed by atoms with Crippen LogP contribution in [0.25, 0.3) is 0 Å². The number of likely N-dealkylation sites (tertiary alicyclic amines) is 1. The molecule has 0 saturated carbocycles. The molecule has 1 aromatic heterocycles. The van der Waals surface area contributed by atoms with Crippen LogP contribution in [0.15, 0.2) is 42.7 Å². The van der Waals surface area contributed by atoms with Crippen LogP contribution >= 0.6 is 0 Å². The van der Waals surface area contributed by atoms with Gasteiger partial charge in [-0.25, -0.2) is 0 Å². The van der Waals surface area contributed by atoms with Crippen LogP contribution in [0.3, 0.4) is 0 Å². The lowest BCUT2D eigenvalue weighted by molar-refractivity contribution is -0.134. The van der Waals surface area contributed by atoms with Crippen LogP contribution in [0.2, 0.25) is 0 Å². The zero-order valence-corrected chi connectivity index (χ0v) is 14.9. The summed E-state index contributed by atoms with van der Waals surface area (Å²) in [5.74, 6) is 0.560. The largest absolute Gasteiger partial charge is 0.484 e. The molecular formula is C19H24N4O3. The first-order valence-electron chi connectivity index (χ1n) is 8.95. The van der Waals surface area contributed by atoms with Gasteiger partial charge in [0, 0.05) is 31.0 Å². The lowest BCUT2D eigenvalue weighted by Gasteiger charge is -2.24. The number of hydrogen-bond acceptors (Lipinski definition) is 4. The number of carbonyl (C=O) groups is 2. The number of anilines is 1. The predicted octanol–water partition coefficient (Wildman–Crippen LogP) is 2.30. The van der Waals surface area contributed by atoms with Gasteiger partial charge in [0.2, 0.25) is 5.91 Å². The highest BCUT2D eigenvalue weighted by atomic mass is 16.5. The SMILES string of the molecule is CCC(=O)Nc1ccc(OCC(=O)N2CCCC2Cn2cccn2)cc1. The summed E-state index contributed by atoms with van der Waals surface area (Å²) in [6, 6.07) is 9.09. The Bertz CT molecular complexity index is 728. The summed E-state index contributed by atoms with van der Waals surface area (Å²) in [5, 5.41) is 7.00. The van der Waals surface area contributed by atoms with Crippen LogP contribution in [0.5, 0.6) is 5.75 Å². The summed E-state index contributed by atoms with van der Waals surface area (Å²) in [7, 11) is 0. The number of aromatic nitrogens is 2. The first-order chi connectivity index (χ1) is 12.7. The van der Waals surface area contributed by atoms with Crippen LogP contribution in [-0.2, 0) is 16.1 Å². The van der Waals surface area contributed by atoms with Crippen LogP contribution < -0.4 is 10.1 Å². The number of nitrogens with one attached hydrogen (secondary N) is 1. The Kier molecular flexibility index (Phi) is 5.88. The second-order valence-corrected chi connectivity index (χ2v) is 6.33. The van der Waals surface area contributed by atoms with Gasteiger partial charge in [-0.2, -0.15) is 5.10 Å². The second-order valence-electron chi connectivity index (χ2n) is 6.33. The number of ether oxygens (including phenoxy) is 1. The smallest absolute Gasteiger partial charge is 0.260 e. The van der Waals surface area contributed by atoms with E-state index in [-0.39, 0.29) is 24.5 Å². The van der Waals surface area contributed by atoms with Crippen molar-refractivity contribution in [3.63, 3.8) is 0 Å². The van der Waals surface area contributed by atoms with Crippen LogP contribution in [-0.4, -0.2) is 45.7 Å². The molecule has 1 aliphatic heterocycles. The third-order valence-corrected chi connectivity index (χ3v) is 4.48. The van der Waals surface area contributed by atoms with Crippen LogP contribution in [0.1, 0.15) is 26.2 Å². The fourth-order valence-corrected chi connectivity index (χ4v) is 3.09. The van der Waals surface area contributed by atoms with E-state index in [0.29, 0.717) is 24.4 Å². The molecular weight excluding hydrogens is 332 g/mol. The number of amides is 2. The van der Waals surface area contributed by atoms with Gasteiger partial charge in [0.15, 0.2) is 6.61 Å². The Morgan fingerprint density at radius 2 is 2.12 bits per heavy atom. The highest BCUT2D eigenvalue weighted by molar-refractivity contribution is 5.90. The van der Waals surface area contributed by atoms with E-state index >= 15 is 0 Å². The lowest BCUT2D eigenvalue weighted by atomic mass is 10.2. The Morgan fingerprint density at radius 3 is 2.81 bits per heavy atom. The molecule has 0 spiro atoms. The lowest BCUT2D eigenvalue weighted by Crippen LogP contribution is -2.40. The van der Waals surface area contributed by atoms with Gasteiger partial charge in [-0.3, -0.25) is 14.3 Å². The maximum absolute atomic E-state index is 12.5. The van der Waals surface area contributed by atoms with E-state index in [1.54, 1.807) is 37.4 Å². The van der Waals surface area contributed by atoms with Crippen molar-refractivity contribution in [2.45, 2.75) is 38.8 Å². The summed E-state index contributed by atoms with van der Waals surface area (Å²) >= 11 is 0. The predicted molar refractivity (Wildman–Crippen MR) is 97.8 cm³/mol. The molecule has 26 heavy (non-hydrogen) atoms. The molecule has 1 fully saturated rings. The summed E-state index contributed by atoms with van der Waals surface area (Å²) in [5.41, 5.74) is 0.717. The molecule has 1 aliphatic rings. The number of rotatable bonds is 7. The molecule has 1 unspecified atom stereocenters. The molecule has 0 aliphatic carbocycles. The van der Waals surface area contributed by atoms with Crippen molar-refractivity contribution < 1.29 is 14.3 Å². The van der Waals surface area contributed by atoms with Crippen molar-refractivity contribution in [2.75, 3.05) is 18.5 Å². The fraction of sp³-hybridized carbons (Fsp3) is 0.421. The fourth-order valence-electron chi connectivity index (χ4n) is 3.09. The normalized spacial score (nSPS) is 16.5. The van der Waals surface area contributed by atoms with E-state index in [9.17, 15) is 9.59 Å². The van der Waals surface area contributed by atoms with Gasteiger partial charge in [-0.15, -0.1) is 0 Å². The minimum Gasteiger partial charge on any atom is -0.484 e. The van der Waals surface area contributed by atoms with Crippen molar-refractivity contribution in [3.8, 4) is 5.75 Å². The minimum atomic E-state index is -0.0360. The molecule has 0 radical (unpaired) electrons. The van der Waals surface area contributed by atoms with Crippen molar-refractivity contribution in [1.29, 1.82) is 0 Å². The average molecular weight is 356 g/mol. The second kappa shape index (κ2) is 8.51. The van der Waals surface area contributed by atoms with Gasteiger partial charge < -0.3 is 15.0 Å². The van der Waals surface area contributed by atoms with Crippen molar-refractivity contribution in [1.82, 2.24) is 14.7 Å². The number of nitrogens with zero attached hydrogens (tertiary/aromatic N) is 3. The molecule has 0 bridgehead atoms. The molecule has 1 N–H and O–H groups in total. The zero-order chi connectivity index (χ0) is 18.4. The zero-order valence-electron chi connectivity index (χ0n) is 14.9. The van der Waals surface area contributed by atoms with E-state index in [4.69, 9.17) is 4.74 Å². The highest BCUT2D eigenvalue weighted by Gasteiger charge is 2.29. The van der Waals surface area contributed by atoms with E-state index in [1.165, 1.54) is 0 Å². The van der Waals surface area contributed by atoms with Crippen molar-refractivity contribution >= 4 is 17.5 Å². The Labute approximate surface area is 152 Å². The molecule has 7 nitrogen and oxygen atoms in total. The standard InChI is InChI=1S/C19H24N4O3/c1-2-18(24)21-15-6-8-17(9-7-15)26-14-19(25)23-12-3-5-16(23)13-22-11-4-10-20-22/h4,6-11,16H,2-3,5,12-14H2,1H3,(H,21,24). The Hall–Kier alpha value is -2.83. The summed E-state index contributed by atoms with van der Waals surface area (Å²) < 4.78 is 7.49. The van der Waals surface area contributed by atoms with Gasteiger partial charge in [-0.05, 0) is 43.2 Å². The van der Waals surface area contributed by atoms with E-state index < -0.39 is 0 Å². The molecule has 1 aromatic carbocycles. The number of carbonyl (C=O) groups excluding carboxylic acids is 2. The van der Waals surface area contributed by atoms with Gasteiger partial charge in [-0.1, -0.05) is 6.92 Å². The van der Waals surface area contributed by atoms with Crippen LogP contribution in [0, 0.1) is 0 Å². The van der Waals surface area contributed by atoms with E-state index in [0.717, 1.165) is 19.4 Å². The molecule has 2 heterocycles. The van der Waals surface area contributed by atoms with E-state index in [1.807, 2.05) is 21.8 Å². The highest BCUT2D eigenvalue weighted by Crippen LogP contribution is 2.20. The molecule has 1 saturated heterocycles. The molecule has 2 aromatic rings. The monoisotopic (exact) mass is 356 g/mol. The molecule has 7 heteroatoms. The minimum absolute atomic E-state index is 0.0102. The number of benzene rings is 1. The topological polar surface area (TPSA) is 76.5 Å². The Morgan fingerprint density at radius 1 is 1.31 bits per heavy atom. The first kappa shape index (κ1) is 18.0. The molecule has 3 rings (SSSR count).